The van der Waals surface area contributed by atoms with E-state index in [1.54, 1.807) is 7.11 Å². The molecule has 0 aromatic carbocycles. The quantitative estimate of drug-likeness (QED) is 0.871. The third-order valence-corrected chi connectivity index (χ3v) is 3.72. The topological polar surface area (TPSA) is 39.1 Å². The molecule has 1 aromatic heterocycles. The van der Waals surface area contributed by atoms with Gasteiger partial charge in [0.25, 0.3) is 0 Å². The summed E-state index contributed by atoms with van der Waals surface area (Å²) in [5.74, 6) is 0. The van der Waals surface area contributed by atoms with Crippen molar-refractivity contribution in [1.82, 2.24) is 15.1 Å². The van der Waals surface area contributed by atoms with Crippen molar-refractivity contribution in [1.29, 1.82) is 0 Å². The van der Waals surface area contributed by atoms with Crippen molar-refractivity contribution in [3.8, 4) is 0 Å². The molecule has 16 heavy (non-hydrogen) atoms. The molecule has 0 aliphatic carbocycles. The number of methoxy groups -OCH3 is 1. The summed E-state index contributed by atoms with van der Waals surface area (Å²) < 4.78 is 8.36. The normalized spacial score (nSPS) is 13.1. The van der Waals surface area contributed by atoms with Gasteiger partial charge >= 0.3 is 0 Å². The highest BCUT2D eigenvalue weighted by Crippen LogP contribution is 2.22. The Hall–Kier alpha value is -0.390. The molecule has 0 fully saturated rings. The van der Waals surface area contributed by atoms with Crippen LogP contribution in [0.4, 0.5) is 0 Å². The Morgan fingerprint density at radius 1 is 1.50 bits per heavy atom. The molecule has 0 radical (unpaired) electrons. The van der Waals surface area contributed by atoms with Gasteiger partial charge in [0.1, 0.15) is 0 Å². The molecule has 1 unspecified atom stereocenters. The second-order valence-corrected chi connectivity index (χ2v) is 4.64. The first-order chi connectivity index (χ1) is 7.61. The van der Waals surface area contributed by atoms with Crippen LogP contribution in [0.2, 0.25) is 0 Å². The maximum atomic E-state index is 5.24. The van der Waals surface area contributed by atoms with Crippen LogP contribution in [0.1, 0.15) is 24.4 Å². The van der Waals surface area contributed by atoms with Gasteiger partial charge in [0.2, 0.25) is 0 Å². The first kappa shape index (κ1) is 13.7. The highest BCUT2D eigenvalue weighted by Gasteiger charge is 2.17. The van der Waals surface area contributed by atoms with E-state index in [2.05, 4.69) is 40.2 Å². The molecule has 0 amide bonds. The molecule has 1 aromatic rings. The fourth-order valence-electron chi connectivity index (χ4n) is 1.72. The van der Waals surface area contributed by atoms with E-state index in [9.17, 15) is 0 Å². The maximum Gasteiger partial charge on any atom is 0.0880 e. The summed E-state index contributed by atoms with van der Waals surface area (Å²) in [6, 6.07) is 0.245. The van der Waals surface area contributed by atoms with Gasteiger partial charge < -0.3 is 10.1 Å². The molecule has 1 N–H and O–H groups in total. The van der Waals surface area contributed by atoms with E-state index in [0.717, 1.165) is 29.0 Å². The Balaban J connectivity index is 2.87. The van der Waals surface area contributed by atoms with Gasteiger partial charge in [-0.15, -0.1) is 0 Å². The summed E-state index contributed by atoms with van der Waals surface area (Å²) in [6.45, 7) is 8.67. The number of aromatic nitrogens is 2. The predicted octanol–water partition coefficient (Wildman–Crippen LogP) is 2.06. The second-order valence-electron chi connectivity index (χ2n) is 3.85. The Morgan fingerprint density at radius 2 is 2.19 bits per heavy atom. The van der Waals surface area contributed by atoms with Crippen molar-refractivity contribution in [2.24, 2.45) is 0 Å². The highest BCUT2D eigenvalue weighted by molar-refractivity contribution is 9.10. The number of hydrogen-bond acceptors (Lipinski definition) is 3. The van der Waals surface area contributed by atoms with E-state index in [0.29, 0.717) is 6.61 Å². The third kappa shape index (κ3) is 3.06. The van der Waals surface area contributed by atoms with E-state index in [1.807, 2.05) is 11.6 Å². The Morgan fingerprint density at radius 3 is 2.62 bits per heavy atom. The zero-order valence-electron chi connectivity index (χ0n) is 10.4. The van der Waals surface area contributed by atoms with Gasteiger partial charge in [0.05, 0.1) is 28.5 Å². The molecule has 5 heteroatoms. The zero-order valence-corrected chi connectivity index (χ0v) is 12.0. The van der Waals surface area contributed by atoms with Crippen LogP contribution in [0.15, 0.2) is 4.47 Å². The summed E-state index contributed by atoms with van der Waals surface area (Å²) >= 11 is 3.54. The lowest BCUT2D eigenvalue weighted by Crippen LogP contribution is -2.29. The van der Waals surface area contributed by atoms with E-state index < -0.39 is 0 Å². The summed E-state index contributed by atoms with van der Waals surface area (Å²) in [5, 5.41) is 7.86. The minimum atomic E-state index is 0.245. The van der Waals surface area contributed by atoms with Crippen molar-refractivity contribution < 1.29 is 4.74 Å². The van der Waals surface area contributed by atoms with Crippen molar-refractivity contribution in [3.05, 3.63) is 15.9 Å². The molecule has 1 heterocycles. The molecule has 1 atom stereocenters. The molecular weight excluding hydrogens is 270 g/mol. The van der Waals surface area contributed by atoms with Crippen LogP contribution < -0.4 is 5.32 Å². The maximum absolute atomic E-state index is 5.24. The van der Waals surface area contributed by atoms with E-state index >= 15 is 0 Å². The largest absolute Gasteiger partial charge is 0.382 e. The highest BCUT2D eigenvalue weighted by atomic mass is 79.9. The van der Waals surface area contributed by atoms with Gasteiger partial charge in [-0.25, -0.2) is 0 Å². The molecule has 0 spiro atoms. The molecule has 0 aliphatic heterocycles. The average Bonchev–Trinajstić information content (AvgIpc) is 2.52. The SMILES string of the molecule is CCNCC(COC)n1nc(C)c(Br)c1C. The van der Waals surface area contributed by atoms with Crippen molar-refractivity contribution >= 4 is 15.9 Å². The van der Waals surface area contributed by atoms with Gasteiger partial charge in [0.15, 0.2) is 0 Å². The van der Waals surface area contributed by atoms with Crippen LogP contribution in [0.3, 0.4) is 0 Å². The Kier molecular flexibility index (Phi) is 5.44. The molecule has 0 bridgehead atoms. The zero-order chi connectivity index (χ0) is 12.1. The van der Waals surface area contributed by atoms with Crippen LogP contribution in [-0.4, -0.2) is 36.6 Å². The van der Waals surface area contributed by atoms with Crippen LogP contribution in [0, 0.1) is 13.8 Å². The standard InChI is InChI=1S/C11H20BrN3O/c1-5-13-6-10(7-16-4)15-9(3)11(12)8(2)14-15/h10,13H,5-7H2,1-4H3. The van der Waals surface area contributed by atoms with Crippen molar-refractivity contribution in [2.75, 3.05) is 26.8 Å². The number of ether oxygens (including phenoxy) is 1. The van der Waals surface area contributed by atoms with Crippen LogP contribution in [0.25, 0.3) is 0 Å². The number of aryl methyl sites for hydroxylation is 1. The van der Waals surface area contributed by atoms with Gasteiger partial charge in [-0.2, -0.15) is 5.10 Å². The third-order valence-electron chi connectivity index (χ3n) is 2.57. The van der Waals surface area contributed by atoms with E-state index in [4.69, 9.17) is 4.74 Å². The Bertz CT molecular complexity index is 338. The van der Waals surface area contributed by atoms with E-state index in [-0.39, 0.29) is 6.04 Å². The lowest BCUT2D eigenvalue weighted by Gasteiger charge is -2.18. The first-order valence-corrected chi connectivity index (χ1v) is 6.32. The van der Waals surface area contributed by atoms with E-state index in [1.165, 1.54) is 0 Å². The predicted molar refractivity (Wildman–Crippen MR) is 68.9 cm³/mol. The fourth-order valence-corrected chi connectivity index (χ4v) is 1.98. The average molecular weight is 290 g/mol. The van der Waals surface area contributed by atoms with Crippen LogP contribution in [0.5, 0.6) is 0 Å². The summed E-state index contributed by atoms with van der Waals surface area (Å²) in [4.78, 5) is 0. The summed E-state index contributed by atoms with van der Waals surface area (Å²) in [5.41, 5.74) is 2.17. The lowest BCUT2D eigenvalue weighted by atomic mass is 10.3. The molecule has 0 saturated heterocycles. The first-order valence-electron chi connectivity index (χ1n) is 5.52. The lowest BCUT2D eigenvalue weighted by molar-refractivity contribution is 0.147. The molecule has 0 aliphatic rings. The minimum absolute atomic E-state index is 0.245. The number of halogens is 1. The van der Waals surface area contributed by atoms with Gasteiger partial charge in [-0.05, 0) is 36.3 Å². The molecular formula is C11H20BrN3O. The molecule has 1 rings (SSSR count). The smallest absolute Gasteiger partial charge is 0.0880 e. The Labute approximate surface area is 105 Å². The summed E-state index contributed by atoms with van der Waals surface area (Å²) in [6.07, 6.45) is 0. The monoisotopic (exact) mass is 289 g/mol. The molecule has 4 nitrogen and oxygen atoms in total. The number of rotatable bonds is 6. The minimum Gasteiger partial charge on any atom is -0.382 e. The van der Waals surface area contributed by atoms with Crippen LogP contribution in [-0.2, 0) is 4.74 Å². The van der Waals surface area contributed by atoms with Gasteiger partial charge in [-0.1, -0.05) is 6.92 Å². The van der Waals surface area contributed by atoms with Crippen LogP contribution >= 0.6 is 15.9 Å². The summed E-state index contributed by atoms with van der Waals surface area (Å²) in [7, 11) is 1.72. The van der Waals surface area contributed by atoms with Crippen molar-refractivity contribution in [3.63, 3.8) is 0 Å². The van der Waals surface area contributed by atoms with Gasteiger partial charge in [-0.3, -0.25) is 4.68 Å². The number of nitrogens with one attached hydrogen (secondary N) is 1. The van der Waals surface area contributed by atoms with Crippen molar-refractivity contribution in [2.45, 2.75) is 26.8 Å². The van der Waals surface area contributed by atoms with Gasteiger partial charge in [0, 0.05) is 13.7 Å². The molecule has 92 valence electrons. The number of likely N-dealkylation sites (N-methyl/N-ethyl adjacent to an activating group) is 1. The fraction of sp³-hybridized carbons (Fsp3) is 0.727. The number of hydrogen-bond donors (Lipinski definition) is 1. The number of nitrogens with zero attached hydrogens (tertiary/aromatic N) is 2. The molecule has 0 saturated carbocycles. The second kappa shape index (κ2) is 6.37.